The highest BCUT2D eigenvalue weighted by Crippen LogP contribution is 2.30. The van der Waals surface area contributed by atoms with Gasteiger partial charge in [-0.25, -0.2) is 0 Å². The lowest BCUT2D eigenvalue weighted by Crippen LogP contribution is -2.51. The van der Waals surface area contributed by atoms with Crippen molar-refractivity contribution in [1.82, 2.24) is 10.2 Å². The molecular formula is C17H22BrN3O2. The van der Waals surface area contributed by atoms with Gasteiger partial charge in [0.1, 0.15) is 0 Å². The molecule has 0 radical (unpaired) electrons. The molecule has 1 aromatic carbocycles. The first-order valence-corrected chi connectivity index (χ1v) is 8.90. The first-order chi connectivity index (χ1) is 11.0. The molecule has 124 valence electrons. The van der Waals surface area contributed by atoms with Gasteiger partial charge in [-0.3, -0.25) is 9.59 Å². The molecule has 1 fully saturated rings. The Labute approximate surface area is 145 Å². The van der Waals surface area contributed by atoms with Crippen LogP contribution in [0.3, 0.4) is 0 Å². The maximum atomic E-state index is 12.6. The van der Waals surface area contributed by atoms with Crippen molar-refractivity contribution in [3.05, 3.63) is 28.2 Å². The highest BCUT2D eigenvalue weighted by Gasteiger charge is 2.27. The number of benzene rings is 1. The predicted octanol–water partition coefficient (Wildman–Crippen LogP) is 1.94. The molecule has 5 nitrogen and oxygen atoms in total. The Morgan fingerprint density at radius 2 is 2.17 bits per heavy atom. The molecule has 1 N–H and O–H groups in total. The number of amides is 2. The highest BCUT2D eigenvalue weighted by molar-refractivity contribution is 9.10. The zero-order chi connectivity index (χ0) is 16.4. The van der Waals surface area contributed by atoms with Gasteiger partial charge in [0.25, 0.3) is 0 Å². The molecule has 23 heavy (non-hydrogen) atoms. The van der Waals surface area contributed by atoms with Gasteiger partial charge < -0.3 is 15.1 Å². The van der Waals surface area contributed by atoms with E-state index in [0.29, 0.717) is 13.1 Å². The second-order valence-corrected chi connectivity index (χ2v) is 7.24. The minimum absolute atomic E-state index is 0.0247. The lowest BCUT2D eigenvalue weighted by Gasteiger charge is -2.34. The summed E-state index contributed by atoms with van der Waals surface area (Å²) < 4.78 is 1.08. The minimum Gasteiger partial charge on any atom is -0.362 e. The molecule has 1 saturated heterocycles. The van der Waals surface area contributed by atoms with Crippen molar-refractivity contribution in [2.24, 2.45) is 0 Å². The highest BCUT2D eigenvalue weighted by atomic mass is 79.9. The van der Waals surface area contributed by atoms with Gasteiger partial charge in [0.15, 0.2) is 0 Å². The summed E-state index contributed by atoms with van der Waals surface area (Å²) in [5.41, 5.74) is 2.46. The topological polar surface area (TPSA) is 52.7 Å². The van der Waals surface area contributed by atoms with E-state index in [9.17, 15) is 9.59 Å². The largest absolute Gasteiger partial charge is 0.362 e. The van der Waals surface area contributed by atoms with Crippen LogP contribution < -0.4 is 10.2 Å². The maximum absolute atomic E-state index is 12.6. The molecule has 0 saturated carbocycles. The normalized spacial score (nSPS) is 20.3. The third-order valence-corrected chi connectivity index (χ3v) is 5.03. The Hall–Kier alpha value is -1.56. The fourth-order valence-corrected chi connectivity index (χ4v) is 3.88. The Morgan fingerprint density at radius 1 is 1.35 bits per heavy atom. The van der Waals surface area contributed by atoms with Crippen molar-refractivity contribution in [2.45, 2.75) is 32.2 Å². The maximum Gasteiger partial charge on any atom is 0.242 e. The van der Waals surface area contributed by atoms with Gasteiger partial charge in [-0.15, -0.1) is 0 Å². The SMILES string of the molecule is CC(=O)NC1CCCN(C(=O)CN2CCc3cc(Br)ccc32)C1. The number of nitrogens with one attached hydrogen (secondary N) is 1. The summed E-state index contributed by atoms with van der Waals surface area (Å²) in [6.45, 7) is 4.25. The van der Waals surface area contributed by atoms with E-state index in [0.717, 1.165) is 42.5 Å². The van der Waals surface area contributed by atoms with Crippen LogP contribution in [0, 0.1) is 0 Å². The quantitative estimate of drug-likeness (QED) is 0.872. The van der Waals surface area contributed by atoms with Crippen LogP contribution in [0.1, 0.15) is 25.3 Å². The third kappa shape index (κ3) is 3.86. The number of anilines is 1. The monoisotopic (exact) mass is 379 g/mol. The second-order valence-electron chi connectivity index (χ2n) is 6.32. The van der Waals surface area contributed by atoms with Gasteiger partial charge in [0.05, 0.1) is 6.54 Å². The molecule has 2 aliphatic heterocycles. The Kier molecular flexibility index (Phi) is 4.90. The van der Waals surface area contributed by atoms with Crippen LogP contribution >= 0.6 is 15.9 Å². The Balaban J connectivity index is 1.61. The van der Waals surface area contributed by atoms with E-state index in [1.165, 1.54) is 12.5 Å². The molecule has 2 amide bonds. The van der Waals surface area contributed by atoms with Crippen LogP contribution in [0.5, 0.6) is 0 Å². The summed E-state index contributed by atoms with van der Waals surface area (Å²) in [6, 6.07) is 6.32. The van der Waals surface area contributed by atoms with Gasteiger partial charge in [0, 0.05) is 42.8 Å². The number of carbonyl (C=O) groups excluding carboxylic acids is 2. The van der Waals surface area contributed by atoms with Crippen molar-refractivity contribution in [1.29, 1.82) is 0 Å². The van der Waals surface area contributed by atoms with Crippen LogP contribution in [0.25, 0.3) is 0 Å². The lowest BCUT2D eigenvalue weighted by molar-refractivity contribution is -0.132. The molecule has 2 heterocycles. The summed E-state index contributed by atoms with van der Waals surface area (Å²) in [7, 11) is 0. The smallest absolute Gasteiger partial charge is 0.242 e. The summed E-state index contributed by atoms with van der Waals surface area (Å²) in [5.74, 6) is 0.124. The molecule has 1 atom stereocenters. The summed E-state index contributed by atoms with van der Waals surface area (Å²) in [5, 5.41) is 2.93. The van der Waals surface area contributed by atoms with E-state index < -0.39 is 0 Å². The predicted molar refractivity (Wildman–Crippen MR) is 93.5 cm³/mol. The zero-order valence-electron chi connectivity index (χ0n) is 13.3. The number of rotatable bonds is 3. The third-order valence-electron chi connectivity index (χ3n) is 4.54. The second kappa shape index (κ2) is 6.91. The molecule has 1 unspecified atom stereocenters. The zero-order valence-corrected chi connectivity index (χ0v) is 14.9. The van der Waals surface area contributed by atoms with Crippen molar-refractivity contribution in [3.63, 3.8) is 0 Å². The van der Waals surface area contributed by atoms with Crippen LogP contribution in [0.15, 0.2) is 22.7 Å². The van der Waals surface area contributed by atoms with Crippen molar-refractivity contribution in [3.8, 4) is 0 Å². The molecule has 2 aliphatic rings. The molecule has 0 bridgehead atoms. The summed E-state index contributed by atoms with van der Waals surface area (Å²) in [6.07, 6.45) is 2.88. The summed E-state index contributed by atoms with van der Waals surface area (Å²) in [4.78, 5) is 27.9. The molecule has 0 aliphatic carbocycles. The van der Waals surface area contributed by atoms with Gasteiger partial charge in [-0.05, 0) is 43.0 Å². The van der Waals surface area contributed by atoms with Crippen LogP contribution in [-0.2, 0) is 16.0 Å². The number of carbonyl (C=O) groups is 2. The van der Waals surface area contributed by atoms with E-state index >= 15 is 0 Å². The van der Waals surface area contributed by atoms with Crippen LogP contribution in [0.4, 0.5) is 5.69 Å². The minimum atomic E-state index is -0.0247. The number of piperidine rings is 1. The average Bonchev–Trinajstić information content (AvgIpc) is 2.89. The number of fused-ring (bicyclic) bond motifs is 1. The molecule has 0 aromatic heterocycles. The van der Waals surface area contributed by atoms with Gasteiger partial charge in [0.2, 0.25) is 11.8 Å². The van der Waals surface area contributed by atoms with Crippen LogP contribution in [0.2, 0.25) is 0 Å². The lowest BCUT2D eigenvalue weighted by atomic mass is 10.1. The van der Waals surface area contributed by atoms with E-state index in [2.05, 4.69) is 38.3 Å². The van der Waals surface area contributed by atoms with E-state index in [4.69, 9.17) is 0 Å². The molecule has 3 rings (SSSR count). The van der Waals surface area contributed by atoms with Crippen molar-refractivity contribution < 1.29 is 9.59 Å². The van der Waals surface area contributed by atoms with Crippen molar-refractivity contribution in [2.75, 3.05) is 31.1 Å². The van der Waals surface area contributed by atoms with Crippen molar-refractivity contribution >= 4 is 33.4 Å². The van der Waals surface area contributed by atoms with Crippen LogP contribution in [-0.4, -0.2) is 48.9 Å². The standard InChI is InChI=1S/C17H22BrN3O2/c1-12(22)19-15-3-2-7-21(10-15)17(23)11-20-8-6-13-9-14(18)4-5-16(13)20/h4-5,9,15H,2-3,6-8,10-11H2,1H3,(H,19,22). The number of likely N-dealkylation sites (tertiary alicyclic amines) is 1. The summed E-state index contributed by atoms with van der Waals surface area (Å²) >= 11 is 3.50. The van der Waals surface area contributed by atoms with Gasteiger partial charge in [-0.2, -0.15) is 0 Å². The number of halogens is 1. The average molecular weight is 380 g/mol. The number of nitrogens with zero attached hydrogens (tertiary/aromatic N) is 2. The molecule has 1 aromatic rings. The number of hydrogen-bond acceptors (Lipinski definition) is 3. The molecule has 0 spiro atoms. The van der Waals surface area contributed by atoms with Gasteiger partial charge >= 0.3 is 0 Å². The van der Waals surface area contributed by atoms with E-state index in [-0.39, 0.29) is 17.9 Å². The Morgan fingerprint density at radius 3 is 2.96 bits per heavy atom. The first kappa shape index (κ1) is 16.3. The van der Waals surface area contributed by atoms with E-state index in [1.54, 1.807) is 0 Å². The van der Waals surface area contributed by atoms with E-state index in [1.807, 2.05) is 11.0 Å². The first-order valence-electron chi connectivity index (χ1n) is 8.11. The fourth-order valence-electron chi connectivity index (χ4n) is 3.48. The fraction of sp³-hybridized carbons (Fsp3) is 0.529. The van der Waals surface area contributed by atoms with Gasteiger partial charge in [-0.1, -0.05) is 15.9 Å². The Bertz CT molecular complexity index is 620. The molecule has 6 heteroatoms. The number of hydrogen-bond donors (Lipinski definition) is 1. The molecular weight excluding hydrogens is 358 g/mol.